The Morgan fingerprint density at radius 2 is 1.72 bits per heavy atom. The minimum atomic E-state index is -0.192. The summed E-state index contributed by atoms with van der Waals surface area (Å²) in [5, 5.41) is 4.29. The fraction of sp³-hybridized carbons (Fsp3) is 0.0370. The summed E-state index contributed by atoms with van der Waals surface area (Å²) in [5.74, 6) is 1.20. The van der Waals surface area contributed by atoms with Gasteiger partial charge in [0.25, 0.3) is 5.56 Å². The zero-order valence-electron chi connectivity index (χ0n) is 17.3. The van der Waals surface area contributed by atoms with Crippen molar-refractivity contribution < 1.29 is 4.74 Å². The molecule has 5 aromatic rings. The molecule has 5 nitrogen and oxygen atoms in total. The van der Waals surface area contributed by atoms with Gasteiger partial charge in [-0.1, -0.05) is 48.5 Å². The van der Waals surface area contributed by atoms with Crippen molar-refractivity contribution in [3.05, 3.63) is 119 Å². The Bertz CT molecular complexity index is 1410. The van der Waals surface area contributed by atoms with Gasteiger partial charge < -0.3 is 15.0 Å². The number of ether oxygens (including phenoxy) is 1. The highest BCUT2D eigenvalue weighted by Gasteiger charge is 2.06. The lowest BCUT2D eigenvalue weighted by atomic mass is 10.1. The van der Waals surface area contributed by atoms with Gasteiger partial charge in [-0.15, -0.1) is 0 Å². The van der Waals surface area contributed by atoms with Crippen molar-refractivity contribution in [3.63, 3.8) is 0 Å². The number of anilines is 1. The molecule has 3 aromatic carbocycles. The summed E-state index contributed by atoms with van der Waals surface area (Å²) in [7, 11) is 0. The molecule has 0 saturated carbocycles. The lowest BCUT2D eigenvalue weighted by Gasteiger charge is -2.11. The van der Waals surface area contributed by atoms with Crippen LogP contribution in [-0.2, 0) is 6.54 Å². The Balaban J connectivity index is 1.30. The van der Waals surface area contributed by atoms with E-state index in [1.165, 1.54) is 11.6 Å². The van der Waals surface area contributed by atoms with Crippen molar-refractivity contribution in [2.24, 2.45) is 0 Å². The Morgan fingerprint density at radius 3 is 2.56 bits per heavy atom. The molecule has 0 aliphatic rings. The molecule has 2 heterocycles. The number of aromatic nitrogens is 2. The van der Waals surface area contributed by atoms with Crippen molar-refractivity contribution in [1.29, 1.82) is 0 Å². The molecule has 2 N–H and O–H groups in total. The molecule has 0 spiro atoms. The van der Waals surface area contributed by atoms with Crippen LogP contribution < -0.4 is 15.6 Å². The van der Waals surface area contributed by atoms with Crippen molar-refractivity contribution in [3.8, 4) is 22.6 Å². The minimum absolute atomic E-state index is 0.192. The van der Waals surface area contributed by atoms with Gasteiger partial charge in [0.15, 0.2) is 0 Å². The van der Waals surface area contributed by atoms with E-state index in [9.17, 15) is 4.79 Å². The van der Waals surface area contributed by atoms with Gasteiger partial charge in [-0.25, -0.2) is 0 Å². The summed E-state index contributed by atoms with van der Waals surface area (Å²) in [6.07, 6.45) is 3.64. The van der Waals surface area contributed by atoms with Crippen molar-refractivity contribution in [2.75, 3.05) is 5.32 Å². The second-order valence-electron chi connectivity index (χ2n) is 7.47. The average molecular weight is 419 g/mol. The Hall–Kier alpha value is -4.38. The van der Waals surface area contributed by atoms with E-state index in [2.05, 4.69) is 45.6 Å². The molecule has 0 unspecified atom stereocenters. The van der Waals surface area contributed by atoms with E-state index in [0.29, 0.717) is 18.0 Å². The maximum atomic E-state index is 12.0. The fourth-order valence-electron chi connectivity index (χ4n) is 3.61. The first kappa shape index (κ1) is 19.6. The summed E-state index contributed by atoms with van der Waals surface area (Å²) >= 11 is 0. The number of hydrogen-bond acceptors (Lipinski definition) is 4. The van der Waals surface area contributed by atoms with E-state index < -0.39 is 0 Å². The number of para-hydroxylation sites is 1. The molecule has 0 fully saturated rings. The zero-order chi connectivity index (χ0) is 21.8. The summed E-state index contributed by atoms with van der Waals surface area (Å²) < 4.78 is 6.06. The normalized spacial score (nSPS) is 10.8. The van der Waals surface area contributed by atoms with Gasteiger partial charge in [-0.05, 0) is 47.0 Å². The largest absolute Gasteiger partial charge is 0.456 e. The van der Waals surface area contributed by atoms with Gasteiger partial charge in [0.05, 0.1) is 5.52 Å². The van der Waals surface area contributed by atoms with Crippen LogP contribution in [0.3, 0.4) is 0 Å². The molecule has 32 heavy (non-hydrogen) atoms. The summed E-state index contributed by atoms with van der Waals surface area (Å²) in [6, 6.07) is 29.2. The minimum Gasteiger partial charge on any atom is -0.456 e. The Morgan fingerprint density at radius 1 is 0.844 bits per heavy atom. The molecule has 2 aromatic heterocycles. The number of pyridine rings is 2. The second kappa shape index (κ2) is 8.78. The van der Waals surface area contributed by atoms with Gasteiger partial charge in [0.1, 0.15) is 11.5 Å². The molecule has 0 bridgehead atoms. The number of aromatic amines is 1. The van der Waals surface area contributed by atoms with E-state index in [1.807, 2.05) is 60.8 Å². The third kappa shape index (κ3) is 4.37. The molecule has 0 atom stereocenters. The van der Waals surface area contributed by atoms with Gasteiger partial charge in [-0.3, -0.25) is 9.78 Å². The summed E-state index contributed by atoms with van der Waals surface area (Å²) in [5.41, 5.74) is 4.91. The monoisotopic (exact) mass is 419 g/mol. The average Bonchev–Trinajstić information content (AvgIpc) is 2.84. The maximum absolute atomic E-state index is 12.0. The van der Waals surface area contributed by atoms with E-state index in [-0.39, 0.29) is 5.56 Å². The van der Waals surface area contributed by atoms with Gasteiger partial charge >= 0.3 is 0 Å². The summed E-state index contributed by atoms with van der Waals surface area (Å²) in [6.45, 7) is 0.685. The standard InChI is InChI=1S/C27H21N3O2/c31-27-16-26(24-8-1-2-9-25(24)30-27)32-23-7-3-6-22(15-23)29-17-19-10-12-20(13-11-19)21-5-4-14-28-18-21/h1-16,18,29H,17H2,(H,30,31). The smallest absolute Gasteiger partial charge is 0.252 e. The first-order valence-electron chi connectivity index (χ1n) is 10.4. The predicted molar refractivity (Wildman–Crippen MR) is 128 cm³/mol. The molecule has 0 amide bonds. The Labute approximate surface area is 185 Å². The molecular formula is C27H21N3O2. The first-order valence-corrected chi connectivity index (χ1v) is 10.4. The molecule has 0 aliphatic carbocycles. The SMILES string of the molecule is O=c1cc(Oc2cccc(NCc3ccc(-c4cccnc4)cc3)c2)c2ccccc2[nH]1. The molecule has 0 radical (unpaired) electrons. The van der Waals surface area contributed by atoms with Crippen molar-refractivity contribution >= 4 is 16.6 Å². The number of benzene rings is 3. The second-order valence-corrected chi connectivity index (χ2v) is 7.47. The maximum Gasteiger partial charge on any atom is 0.252 e. The van der Waals surface area contributed by atoms with Crippen LogP contribution in [0.2, 0.25) is 0 Å². The van der Waals surface area contributed by atoms with Crippen LogP contribution in [0.1, 0.15) is 5.56 Å². The highest BCUT2D eigenvalue weighted by atomic mass is 16.5. The third-order valence-corrected chi connectivity index (χ3v) is 5.22. The third-order valence-electron chi connectivity index (χ3n) is 5.22. The number of hydrogen-bond donors (Lipinski definition) is 2. The molecule has 5 rings (SSSR count). The lowest BCUT2D eigenvalue weighted by molar-refractivity contribution is 0.487. The molecular weight excluding hydrogens is 398 g/mol. The van der Waals surface area contributed by atoms with Gasteiger partial charge in [0.2, 0.25) is 0 Å². The van der Waals surface area contributed by atoms with Gasteiger partial charge in [0, 0.05) is 42.1 Å². The van der Waals surface area contributed by atoms with E-state index in [1.54, 1.807) is 6.20 Å². The van der Waals surface area contributed by atoms with Crippen LogP contribution in [-0.4, -0.2) is 9.97 Å². The number of nitrogens with zero attached hydrogens (tertiary/aromatic N) is 1. The molecule has 5 heteroatoms. The molecule has 156 valence electrons. The number of fused-ring (bicyclic) bond motifs is 1. The van der Waals surface area contributed by atoms with E-state index in [4.69, 9.17) is 4.74 Å². The van der Waals surface area contributed by atoms with Crippen LogP contribution in [0.25, 0.3) is 22.0 Å². The quantitative estimate of drug-likeness (QED) is 0.354. The first-order chi connectivity index (χ1) is 15.7. The van der Waals surface area contributed by atoms with E-state index in [0.717, 1.165) is 27.7 Å². The topological polar surface area (TPSA) is 67.0 Å². The van der Waals surface area contributed by atoms with Crippen LogP contribution in [0.5, 0.6) is 11.5 Å². The number of nitrogens with one attached hydrogen (secondary N) is 2. The lowest BCUT2D eigenvalue weighted by Crippen LogP contribution is -2.04. The van der Waals surface area contributed by atoms with E-state index >= 15 is 0 Å². The highest BCUT2D eigenvalue weighted by Crippen LogP contribution is 2.29. The highest BCUT2D eigenvalue weighted by molar-refractivity contribution is 5.84. The van der Waals surface area contributed by atoms with Crippen molar-refractivity contribution in [1.82, 2.24) is 9.97 Å². The van der Waals surface area contributed by atoms with Crippen LogP contribution in [0, 0.1) is 0 Å². The summed E-state index contributed by atoms with van der Waals surface area (Å²) in [4.78, 5) is 19.0. The van der Waals surface area contributed by atoms with Crippen LogP contribution in [0.15, 0.2) is 108 Å². The van der Waals surface area contributed by atoms with Crippen molar-refractivity contribution in [2.45, 2.75) is 6.54 Å². The Kier molecular flexibility index (Phi) is 5.37. The van der Waals surface area contributed by atoms with Crippen LogP contribution in [0.4, 0.5) is 5.69 Å². The fourth-order valence-corrected chi connectivity index (χ4v) is 3.61. The van der Waals surface area contributed by atoms with Gasteiger partial charge in [-0.2, -0.15) is 0 Å². The number of rotatable bonds is 6. The van der Waals surface area contributed by atoms with Crippen LogP contribution >= 0.6 is 0 Å². The molecule has 0 saturated heterocycles. The zero-order valence-corrected chi connectivity index (χ0v) is 17.3. The number of H-pyrrole nitrogens is 1. The molecule has 0 aliphatic heterocycles. The predicted octanol–water partition coefficient (Wildman–Crippen LogP) is 5.99.